The molecule has 0 saturated heterocycles. The van der Waals surface area contributed by atoms with Crippen molar-refractivity contribution < 1.29 is 0 Å². The molecule has 0 fully saturated rings. The van der Waals surface area contributed by atoms with Crippen molar-refractivity contribution in [3.05, 3.63) is 193 Å². The molecule has 8 aromatic carbocycles. The smallest absolute Gasteiger partial charge is 0.0547 e. The molecule has 2 nitrogen and oxygen atoms in total. The van der Waals surface area contributed by atoms with Gasteiger partial charge in [-0.1, -0.05) is 168 Å². The first-order valence-corrected chi connectivity index (χ1v) is 21.7. The molecule has 1 atom stereocenters. The SMILES string of the molecule is CC.CC1C=C(n2c3ccccc3c3c(-c4ccc(-c5ccc6ccccc6c5)c(-n5c6ccccc6c6cc7c(cc65)C(C)(C)c5ccccc5-7)c4)cccc32)C=CC1. The molecule has 0 amide bonds. The standard InChI is InChI=1S/C56H42N2.C2H6/c1-35-14-12-17-40(30-35)57-51-24-11-8-20-45(51)55-42(21-13-25-52(55)57)39-28-29-41(38-27-26-36-15-4-5-16-37(36)31-38)53(32-39)58-50-23-10-7-19-44(50)47-33-46-43-18-6-9-22-48(43)56(2,3)49(46)34-54(47)58;1-2/h4-13,15-35H,14H2,1-3H3;1-2H3. The summed E-state index contributed by atoms with van der Waals surface area (Å²) in [5.41, 5.74) is 17.6. The Morgan fingerprint density at radius 3 is 1.98 bits per heavy atom. The van der Waals surface area contributed by atoms with E-state index in [1.165, 1.54) is 110 Å². The number of fused-ring (bicyclic) bond motifs is 10. The minimum atomic E-state index is -0.116. The number of benzene rings is 8. The van der Waals surface area contributed by atoms with E-state index in [-0.39, 0.29) is 5.41 Å². The molecule has 12 rings (SSSR count). The molecule has 290 valence electrons. The van der Waals surface area contributed by atoms with Gasteiger partial charge in [0.15, 0.2) is 0 Å². The Hall–Kier alpha value is -6.90. The summed E-state index contributed by atoms with van der Waals surface area (Å²) < 4.78 is 5.03. The summed E-state index contributed by atoms with van der Waals surface area (Å²) in [5.74, 6) is 0.497. The largest absolute Gasteiger partial charge is 0.310 e. The maximum Gasteiger partial charge on any atom is 0.0547 e. The van der Waals surface area contributed by atoms with Gasteiger partial charge < -0.3 is 9.13 Å². The summed E-state index contributed by atoms with van der Waals surface area (Å²) in [6, 6.07) is 61.5. The molecule has 60 heavy (non-hydrogen) atoms. The highest BCUT2D eigenvalue weighted by molar-refractivity contribution is 6.17. The normalized spacial score (nSPS) is 15.3. The van der Waals surface area contributed by atoms with E-state index in [0.717, 1.165) is 6.42 Å². The fourth-order valence-electron chi connectivity index (χ4n) is 10.4. The summed E-state index contributed by atoms with van der Waals surface area (Å²) in [6.45, 7) is 11.1. The first-order chi connectivity index (χ1) is 29.4. The number of nitrogens with zero attached hydrogens (tertiary/aromatic N) is 2. The Balaban J connectivity index is 0.00000201. The van der Waals surface area contributed by atoms with E-state index in [4.69, 9.17) is 0 Å². The summed E-state index contributed by atoms with van der Waals surface area (Å²) in [7, 11) is 0. The van der Waals surface area contributed by atoms with Crippen LogP contribution in [0.1, 0.15) is 52.2 Å². The number of para-hydroxylation sites is 2. The van der Waals surface area contributed by atoms with Gasteiger partial charge >= 0.3 is 0 Å². The van der Waals surface area contributed by atoms with E-state index in [9.17, 15) is 0 Å². The second-order valence-corrected chi connectivity index (χ2v) is 17.0. The monoisotopic (exact) mass is 772 g/mol. The molecule has 2 heterocycles. The van der Waals surface area contributed by atoms with Crippen LogP contribution in [0.15, 0.2) is 182 Å². The van der Waals surface area contributed by atoms with Crippen molar-refractivity contribution in [3.8, 4) is 39.1 Å². The van der Waals surface area contributed by atoms with Crippen LogP contribution in [0, 0.1) is 5.92 Å². The Kier molecular flexibility index (Phi) is 8.36. The lowest BCUT2D eigenvalue weighted by Gasteiger charge is -2.22. The van der Waals surface area contributed by atoms with Crippen LogP contribution >= 0.6 is 0 Å². The van der Waals surface area contributed by atoms with Crippen LogP contribution in [-0.2, 0) is 5.41 Å². The van der Waals surface area contributed by atoms with Gasteiger partial charge in [0.1, 0.15) is 0 Å². The molecular formula is C58H48N2. The molecule has 2 aliphatic rings. The van der Waals surface area contributed by atoms with Gasteiger partial charge in [-0.2, -0.15) is 0 Å². The molecule has 0 spiro atoms. The highest BCUT2D eigenvalue weighted by Gasteiger charge is 2.36. The summed E-state index contributed by atoms with van der Waals surface area (Å²) in [4.78, 5) is 0. The number of aromatic nitrogens is 2. The quantitative estimate of drug-likeness (QED) is 0.169. The zero-order valence-electron chi connectivity index (χ0n) is 35.0. The maximum atomic E-state index is 2.56. The molecule has 0 saturated carbocycles. The Morgan fingerprint density at radius 2 is 1.15 bits per heavy atom. The number of hydrogen-bond acceptors (Lipinski definition) is 0. The molecule has 2 aromatic heterocycles. The van der Waals surface area contributed by atoms with Gasteiger partial charge in [-0.25, -0.2) is 0 Å². The van der Waals surface area contributed by atoms with Crippen molar-refractivity contribution in [2.45, 2.75) is 46.5 Å². The van der Waals surface area contributed by atoms with E-state index in [1.807, 2.05) is 13.8 Å². The van der Waals surface area contributed by atoms with Crippen molar-refractivity contribution in [3.63, 3.8) is 0 Å². The van der Waals surface area contributed by atoms with Gasteiger partial charge in [-0.15, -0.1) is 0 Å². The van der Waals surface area contributed by atoms with E-state index in [0.29, 0.717) is 5.92 Å². The molecule has 2 aliphatic carbocycles. The zero-order chi connectivity index (χ0) is 40.7. The second-order valence-electron chi connectivity index (χ2n) is 17.0. The molecule has 0 aliphatic heterocycles. The average Bonchev–Trinajstić information content (AvgIpc) is 3.89. The minimum Gasteiger partial charge on any atom is -0.310 e. The van der Waals surface area contributed by atoms with E-state index >= 15 is 0 Å². The summed E-state index contributed by atoms with van der Waals surface area (Å²) in [5, 5.41) is 7.60. The van der Waals surface area contributed by atoms with E-state index in [2.05, 4.69) is 212 Å². The molecule has 0 bridgehead atoms. The van der Waals surface area contributed by atoms with Gasteiger partial charge in [0.2, 0.25) is 0 Å². The maximum absolute atomic E-state index is 2.56. The van der Waals surface area contributed by atoms with Crippen molar-refractivity contribution >= 4 is 60.1 Å². The summed E-state index contributed by atoms with van der Waals surface area (Å²) >= 11 is 0. The van der Waals surface area contributed by atoms with Crippen LogP contribution in [0.4, 0.5) is 0 Å². The van der Waals surface area contributed by atoms with Crippen LogP contribution < -0.4 is 0 Å². The lowest BCUT2D eigenvalue weighted by atomic mass is 9.82. The third-order valence-electron chi connectivity index (χ3n) is 13.2. The van der Waals surface area contributed by atoms with Gasteiger partial charge in [-0.05, 0) is 111 Å². The molecule has 2 heteroatoms. The third kappa shape index (κ3) is 5.33. The molecule has 0 radical (unpaired) electrons. The van der Waals surface area contributed by atoms with Crippen LogP contribution in [0.25, 0.3) is 99.1 Å². The molecular weight excluding hydrogens is 725 g/mol. The molecule has 0 N–H and O–H groups in total. The van der Waals surface area contributed by atoms with Crippen LogP contribution in [-0.4, -0.2) is 9.13 Å². The Bertz CT molecular complexity index is 3420. The Morgan fingerprint density at radius 1 is 0.483 bits per heavy atom. The van der Waals surface area contributed by atoms with Crippen molar-refractivity contribution in [1.82, 2.24) is 9.13 Å². The van der Waals surface area contributed by atoms with E-state index < -0.39 is 0 Å². The number of allylic oxidation sites excluding steroid dienone is 4. The third-order valence-corrected chi connectivity index (χ3v) is 13.2. The van der Waals surface area contributed by atoms with Crippen LogP contribution in [0.5, 0.6) is 0 Å². The van der Waals surface area contributed by atoms with Crippen LogP contribution in [0.2, 0.25) is 0 Å². The predicted molar refractivity (Wildman–Crippen MR) is 258 cm³/mol. The lowest BCUT2D eigenvalue weighted by Crippen LogP contribution is -2.15. The topological polar surface area (TPSA) is 9.86 Å². The fraction of sp³-hybridized carbons (Fsp3) is 0.138. The fourth-order valence-corrected chi connectivity index (χ4v) is 10.4. The van der Waals surface area contributed by atoms with Crippen molar-refractivity contribution in [1.29, 1.82) is 0 Å². The highest BCUT2D eigenvalue weighted by Crippen LogP contribution is 2.51. The average molecular weight is 773 g/mol. The first kappa shape index (κ1) is 36.2. The minimum absolute atomic E-state index is 0.116. The number of rotatable bonds is 4. The van der Waals surface area contributed by atoms with Crippen molar-refractivity contribution in [2.75, 3.05) is 0 Å². The predicted octanol–water partition coefficient (Wildman–Crippen LogP) is 16.1. The van der Waals surface area contributed by atoms with Gasteiger partial charge in [0.25, 0.3) is 0 Å². The first-order valence-electron chi connectivity index (χ1n) is 21.7. The molecule has 1 unspecified atom stereocenters. The van der Waals surface area contributed by atoms with E-state index in [1.54, 1.807) is 0 Å². The van der Waals surface area contributed by atoms with Crippen LogP contribution in [0.3, 0.4) is 0 Å². The molecule has 10 aromatic rings. The van der Waals surface area contributed by atoms with Crippen molar-refractivity contribution in [2.24, 2.45) is 5.92 Å². The summed E-state index contributed by atoms with van der Waals surface area (Å²) in [6.07, 6.45) is 8.12. The van der Waals surface area contributed by atoms with Gasteiger partial charge in [0.05, 0.1) is 27.8 Å². The Labute approximate surface area is 352 Å². The zero-order valence-corrected chi connectivity index (χ0v) is 35.0. The van der Waals surface area contributed by atoms with Gasteiger partial charge in [-0.3, -0.25) is 0 Å². The van der Waals surface area contributed by atoms with Gasteiger partial charge in [0, 0.05) is 38.2 Å². The number of hydrogen-bond donors (Lipinski definition) is 0. The highest BCUT2D eigenvalue weighted by atomic mass is 15.0. The lowest BCUT2D eigenvalue weighted by molar-refractivity contribution is 0.661. The second kappa shape index (κ2) is 13.9.